The van der Waals surface area contributed by atoms with E-state index in [1.54, 1.807) is 22.8 Å². The van der Waals surface area contributed by atoms with Gasteiger partial charge in [-0.05, 0) is 49.1 Å². The number of carbonyl (C=O) groups excluding carboxylic acids is 1. The molecule has 4 nitrogen and oxygen atoms in total. The molecule has 0 saturated heterocycles. The first-order chi connectivity index (χ1) is 9.97. The van der Waals surface area contributed by atoms with Crippen LogP contribution in [-0.4, -0.2) is 17.0 Å². The number of hydrogen-bond acceptors (Lipinski definition) is 4. The molecule has 6 heteroatoms. The third kappa shape index (κ3) is 4.03. The second kappa shape index (κ2) is 6.69. The Kier molecular flexibility index (Phi) is 4.93. The number of carboxylic acid groups (broad SMARTS) is 1. The van der Waals surface area contributed by atoms with Gasteiger partial charge in [0.15, 0.2) is 0 Å². The molecule has 2 aromatic heterocycles. The molecular formula is C15H15NO3S2. The molecule has 0 fully saturated rings. The molecule has 21 heavy (non-hydrogen) atoms. The van der Waals surface area contributed by atoms with Gasteiger partial charge in [0.05, 0.1) is 10.9 Å². The van der Waals surface area contributed by atoms with Crippen molar-refractivity contribution in [3.05, 3.63) is 49.9 Å². The smallest absolute Gasteiger partial charge is 0.328 e. The number of carbonyl (C=O) groups is 2. The van der Waals surface area contributed by atoms with Crippen LogP contribution in [0.15, 0.2) is 29.7 Å². The van der Waals surface area contributed by atoms with Gasteiger partial charge in [-0.3, -0.25) is 4.79 Å². The fourth-order valence-electron chi connectivity index (χ4n) is 1.82. The number of thiophene rings is 2. The van der Waals surface area contributed by atoms with Crippen LogP contribution in [0.4, 0.5) is 0 Å². The Morgan fingerprint density at radius 1 is 1.33 bits per heavy atom. The topological polar surface area (TPSA) is 66.4 Å². The van der Waals surface area contributed by atoms with Gasteiger partial charge in [0.25, 0.3) is 5.91 Å². The summed E-state index contributed by atoms with van der Waals surface area (Å²) in [5.41, 5.74) is 0.620. The molecular weight excluding hydrogens is 306 g/mol. The van der Waals surface area contributed by atoms with E-state index >= 15 is 0 Å². The first-order valence-corrected chi connectivity index (χ1v) is 8.02. The lowest BCUT2D eigenvalue weighted by molar-refractivity contribution is -0.131. The molecule has 2 heterocycles. The summed E-state index contributed by atoms with van der Waals surface area (Å²) in [6, 6.07) is 5.69. The van der Waals surface area contributed by atoms with Gasteiger partial charge in [-0.25, -0.2) is 4.79 Å². The van der Waals surface area contributed by atoms with Crippen molar-refractivity contribution >= 4 is 40.6 Å². The third-order valence-electron chi connectivity index (χ3n) is 2.84. The summed E-state index contributed by atoms with van der Waals surface area (Å²) < 4.78 is 0. The van der Waals surface area contributed by atoms with E-state index in [0.717, 1.165) is 11.0 Å². The standard InChI is InChI=1S/C15H15NO3S2/c1-9-3-5-12(21-9)10(2)16-15(19)14-11(7-8-20-14)4-6-13(17)18/h3-8,10H,1-2H3,(H,16,19)(H,17,18). The summed E-state index contributed by atoms with van der Waals surface area (Å²) in [4.78, 5) is 25.7. The minimum atomic E-state index is -1.03. The highest BCUT2D eigenvalue weighted by Crippen LogP contribution is 2.24. The molecule has 0 spiro atoms. The van der Waals surface area contributed by atoms with Crippen LogP contribution in [0.25, 0.3) is 6.08 Å². The molecule has 1 atom stereocenters. The second-order valence-corrected chi connectivity index (χ2v) is 6.76. The lowest BCUT2D eigenvalue weighted by atomic mass is 10.2. The summed E-state index contributed by atoms with van der Waals surface area (Å²) >= 11 is 2.95. The van der Waals surface area contributed by atoms with Crippen LogP contribution < -0.4 is 5.32 Å². The van der Waals surface area contributed by atoms with Gasteiger partial charge in [-0.1, -0.05) is 0 Å². The molecule has 2 rings (SSSR count). The minimum Gasteiger partial charge on any atom is -0.478 e. The zero-order valence-corrected chi connectivity index (χ0v) is 13.3. The Hall–Kier alpha value is -1.92. The van der Waals surface area contributed by atoms with E-state index in [-0.39, 0.29) is 11.9 Å². The maximum Gasteiger partial charge on any atom is 0.328 e. The van der Waals surface area contributed by atoms with Gasteiger partial charge < -0.3 is 10.4 Å². The highest BCUT2D eigenvalue weighted by molar-refractivity contribution is 7.12. The predicted octanol–water partition coefficient (Wildman–Crippen LogP) is 3.71. The van der Waals surface area contributed by atoms with E-state index in [1.807, 2.05) is 26.0 Å². The number of hydrogen-bond donors (Lipinski definition) is 2. The van der Waals surface area contributed by atoms with Crippen molar-refractivity contribution in [2.24, 2.45) is 0 Å². The maximum absolute atomic E-state index is 12.3. The van der Waals surface area contributed by atoms with Crippen molar-refractivity contribution < 1.29 is 14.7 Å². The summed E-state index contributed by atoms with van der Waals surface area (Å²) in [7, 11) is 0. The van der Waals surface area contributed by atoms with Crippen LogP contribution in [0.2, 0.25) is 0 Å². The lowest BCUT2D eigenvalue weighted by Gasteiger charge is -2.11. The SMILES string of the molecule is Cc1ccc(C(C)NC(=O)c2sccc2C=CC(=O)O)s1. The van der Waals surface area contributed by atoms with Gasteiger partial charge in [0, 0.05) is 15.8 Å². The Labute approximate surface area is 130 Å². The normalized spacial score (nSPS) is 12.5. The first kappa shape index (κ1) is 15.5. The van der Waals surface area contributed by atoms with Crippen molar-refractivity contribution in [3.63, 3.8) is 0 Å². The van der Waals surface area contributed by atoms with Crippen LogP contribution in [0.5, 0.6) is 0 Å². The van der Waals surface area contributed by atoms with E-state index < -0.39 is 5.97 Å². The van der Waals surface area contributed by atoms with E-state index in [4.69, 9.17) is 5.11 Å². The van der Waals surface area contributed by atoms with Gasteiger partial charge in [0.2, 0.25) is 0 Å². The molecule has 0 saturated carbocycles. The summed E-state index contributed by atoms with van der Waals surface area (Å²) in [5, 5.41) is 13.4. The van der Waals surface area contributed by atoms with E-state index in [1.165, 1.54) is 22.3 Å². The molecule has 110 valence electrons. The monoisotopic (exact) mass is 321 g/mol. The Bertz CT molecular complexity index is 685. The number of aliphatic carboxylic acids is 1. The van der Waals surface area contributed by atoms with Gasteiger partial charge in [0.1, 0.15) is 0 Å². The molecule has 0 bridgehead atoms. The molecule has 2 aromatic rings. The van der Waals surface area contributed by atoms with Crippen LogP contribution in [0.1, 0.15) is 38.0 Å². The highest BCUT2D eigenvalue weighted by Gasteiger charge is 2.16. The number of rotatable bonds is 5. The lowest BCUT2D eigenvalue weighted by Crippen LogP contribution is -2.25. The average Bonchev–Trinajstić information content (AvgIpc) is 3.04. The minimum absolute atomic E-state index is 0.0744. The Balaban J connectivity index is 2.10. The molecule has 0 aromatic carbocycles. The molecule has 1 unspecified atom stereocenters. The first-order valence-electron chi connectivity index (χ1n) is 6.33. The van der Waals surface area contributed by atoms with Crippen LogP contribution in [0.3, 0.4) is 0 Å². The highest BCUT2D eigenvalue weighted by atomic mass is 32.1. The number of carboxylic acids is 1. The quantitative estimate of drug-likeness (QED) is 0.825. The Morgan fingerprint density at radius 2 is 2.10 bits per heavy atom. The van der Waals surface area contributed by atoms with Crippen molar-refractivity contribution in [3.8, 4) is 0 Å². The molecule has 2 N–H and O–H groups in total. The number of amides is 1. The van der Waals surface area contributed by atoms with Gasteiger partial charge in [-0.2, -0.15) is 0 Å². The van der Waals surface area contributed by atoms with Crippen molar-refractivity contribution in [1.82, 2.24) is 5.32 Å². The maximum atomic E-state index is 12.3. The average molecular weight is 321 g/mol. The summed E-state index contributed by atoms with van der Waals surface area (Å²) in [5.74, 6) is -1.22. The molecule has 0 radical (unpaired) electrons. The van der Waals surface area contributed by atoms with Crippen molar-refractivity contribution in [2.45, 2.75) is 19.9 Å². The van der Waals surface area contributed by atoms with Crippen LogP contribution in [0, 0.1) is 6.92 Å². The zero-order chi connectivity index (χ0) is 15.4. The van der Waals surface area contributed by atoms with Crippen LogP contribution >= 0.6 is 22.7 Å². The van der Waals surface area contributed by atoms with E-state index in [9.17, 15) is 9.59 Å². The predicted molar refractivity (Wildman–Crippen MR) is 85.9 cm³/mol. The molecule has 0 aliphatic carbocycles. The van der Waals surface area contributed by atoms with Crippen molar-refractivity contribution in [2.75, 3.05) is 0 Å². The fraction of sp³-hybridized carbons (Fsp3) is 0.200. The third-order valence-corrected chi connectivity index (χ3v) is 4.96. The number of nitrogens with one attached hydrogen (secondary N) is 1. The largest absolute Gasteiger partial charge is 0.478 e. The zero-order valence-electron chi connectivity index (χ0n) is 11.6. The van der Waals surface area contributed by atoms with E-state index in [0.29, 0.717) is 10.4 Å². The van der Waals surface area contributed by atoms with E-state index in [2.05, 4.69) is 5.32 Å². The van der Waals surface area contributed by atoms with Crippen molar-refractivity contribution in [1.29, 1.82) is 0 Å². The Morgan fingerprint density at radius 3 is 2.71 bits per heavy atom. The number of aryl methyl sites for hydroxylation is 1. The molecule has 0 aliphatic rings. The van der Waals surface area contributed by atoms with Gasteiger partial charge >= 0.3 is 5.97 Å². The van der Waals surface area contributed by atoms with Crippen LogP contribution in [-0.2, 0) is 4.79 Å². The van der Waals surface area contributed by atoms with Gasteiger partial charge in [-0.15, -0.1) is 22.7 Å². The summed E-state index contributed by atoms with van der Waals surface area (Å²) in [6.45, 7) is 3.96. The molecule has 1 amide bonds. The molecule has 0 aliphatic heterocycles. The second-order valence-electron chi connectivity index (χ2n) is 4.52. The fourth-order valence-corrected chi connectivity index (χ4v) is 3.48. The summed E-state index contributed by atoms with van der Waals surface area (Å²) in [6.07, 6.45) is 2.47.